The van der Waals surface area contributed by atoms with Gasteiger partial charge >= 0.3 is 21.5 Å². The van der Waals surface area contributed by atoms with Crippen molar-refractivity contribution in [3.8, 4) is 5.75 Å². The van der Waals surface area contributed by atoms with Gasteiger partial charge in [0.15, 0.2) is 0 Å². The van der Waals surface area contributed by atoms with Gasteiger partial charge in [0.1, 0.15) is 5.75 Å². The quantitative estimate of drug-likeness (QED) is 0.429. The minimum Gasteiger partial charge on any atom is -0.433 e. The number of hydrogen-bond acceptors (Lipinski definition) is 5. The van der Waals surface area contributed by atoms with Crippen molar-refractivity contribution < 1.29 is 35.5 Å². The second-order valence-electron chi connectivity index (χ2n) is 4.06. The van der Waals surface area contributed by atoms with Crippen molar-refractivity contribution >= 4 is 44.5 Å². The van der Waals surface area contributed by atoms with Gasteiger partial charge < -0.3 is 9.15 Å². The molecule has 0 bridgehead atoms. The Bertz CT molecular complexity index is 814. The molecule has 1 heterocycles. The van der Waals surface area contributed by atoms with Crippen LogP contribution < -0.4 is 9.46 Å². The fourth-order valence-electron chi connectivity index (χ4n) is 1.35. The maximum Gasteiger partial charge on any atom is 0.516 e. The number of hydrogen-bond donors (Lipinski definition) is 1. The molecule has 0 amide bonds. The Morgan fingerprint density at radius 3 is 2.30 bits per heavy atom. The topological polar surface area (TPSA) is 85.6 Å². The van der Waals surface area contributed by atoms with Crippen LogP contribution in [0.15, 0.2) is 40.8 Å². The number of alkyl halides is 3. The third-order valence-electron chi connectivity index (χ3n) is 2.37. The second-order valence-corrected chi connectivity index (χ2v) is 6.98. The first-order valence-electron chi connectivity index (χ1n) is 5.75. The molecule has 124 valence electrons. The van der Waals surface area contributed by atoms with Gasteiger partial charge in [-0.1, -0.05) is 0 Å². The number of carbonyl (C=O) groups excluding carboxylic acids is 1. The maximum absolute atomic E-state index is 12.2. The van der Waals surface area contributed by atoms with Crippen LogP contribution in [0.1, 0.15) is 10.6 Å². The molecule has 1 aromatic heterocycles. The van der Waals surface area contributed by atoms with Crippen LogP contribution >= 0.6 is 22.6 Å². The molecule has 0 unspecified atom stereocenters. The Morgan fingerprint density at radius 2 is 1.74 bits per heavy atom. The highest BCUT2D eigenvalue weighted by Crippen LogP contribution is 2.26. The summed E-state index contributed by atoms with van der Waals surface area (Å²) in [6, 6.07) is 8.23. The number of furan rings is 1. The lowest BCUT2D eigenvalue weighted by atomic mass is 10.3. The SMILES string of the molecule is O=C(Oc1ccc(I)cc1)c1ccc(NS(=O)(=O)C(F)(F)F)o1. The Labute approximate surface area is 141 Å². The molecule has 2 aromatic rings. The van der Waals surface area contributed by atoms with Crippen molar-refractivity contribution in [1.82, 2.24) is 0 Å². The first kappa shape index (κ1) is 17.6. The molecular formula is C12H7F3INO5S. The molecule has 0 aliphatic carbocycles. The second kappa shape index (κ2) is 6.39. The molecule has 1 N–H and O–H groups in total. The van der Waals surface area contributed by atoms with Crippen molar-refractivity contribution in [2.24, 2.45) is 0 Å². The Kier molecular flexibility index (Phi) is 4.89. The molecule has 0 fully saturated rings. The molecule has 0 atom stereocenters. The van der Waals surface area contributed by atoms with Gasteiger partial charge in [0, 0.05) is 9.64 Å². The molecule has 1 aromatic carbocycles. The van der Waals surface area contributed by atoms with Gasteiger partial charge in [0.25, 0.3) is 0 Å². The van der Waals surface area contributed by atoms with Crippen LogP contribution in [0.5, 0.6) is 5.75 Å². The zero-order valence-electron chi connectivity index (χ0n) is 10.9. The molecule has 0 aliphatic heterocycles. The van der Waals surface area contributed by atoms with Crippen molar-refractivity contribution in [3.05, 3.63) is 45.7 Å². The molecule has 2 rings (SSSR count). The number of halogens is 4. The van der Waals surface area contributed by atoms with Crippen LogP contribution in [0.4, 0.5) is 19.1 Å². The zero-order valence-corrected chi connectivity index (χ0v) is 13.9. The van der Waals surface area contributed by atoms with Gasteiger partial charge in [-0.15, -0.1) is 0 Å². The Balaban J connectivity index is 2.10. The molecule has 0 radical (unpaired) electrons. The van der Waals surface area contributed by atoms with Crippen molar-refractivity contribution in [3.63, 3.8) is 0 Å². The van der Waals surface area contributed by atoms with Crippen LogP contribution in [0.2, 0.25) is 0 Å². The van der Waals surface area contributed by atoms with Crippen LogP contribution in [0.25, 0.3) is 0 Å². The van der Waals surface area contributed by atoms with Gasteiger partial charge in [-0.2, -0.15) is 21.6 Å². The fourth-order valence-corrected chi connectivity index (χ4v) is 2.20. The minimum absolute atomic E-state index is 0.198. The van der Waals surface area contributed by atoms with Gasteiger partial charge in [-0.3, -0.25) is 0 Å². The normalized spacial score (nSPS) is 12.0. The van der Waals surface area contributed by atoms with E-state index < -0.39 is 33.1 Å². The first-order valence-corrected chi connectivity index (χ1v) is 8.31. The third kappa shape index (κ3) is 4.37. The molecule has 23 heavy (non-hydrogen) atoms. The van der Waals surface area contributed by atoms with E-state index in [4.69, 9.17) is 9.15 Å². The van der Waals surface area contributed by atoms with Crippen molar-refractivity contribution in [2.45, 2.75) is 5.51 Å². The minimum atomic E-state index is -5.62. The average Bonchev–Trinajstić information content (AvgIpc) is 2.88. The van der Waals surface area contributed by atoms with E-state index in [0.29, 0.717) is 0 Å². The highest BCUT2D eigenvalue weighted by molar-refractivity contribution is 14.1. The summed E-state index contributed by atoms with van der Waals surface area (Å²) >= 11 is 2.05. The summed E-state index contributed by atoms with van der Waals surface area (Å²) in [4.78, 5) is 11.8. The molecule has 0 saturated heterocycles. The standard InChI is InChI=1S/C12H7F3INO5S/c13-12(14,15)23(19,20)17-10-6-5-9(22-10)11(18)21-8-3-1-7(16)2-4-8/h1-6,17H. The monoisotopic (exact) mass is 461 g/mol. The number of ether oxygens (including phenoxy) is 1. The van der Waals surface area contributed by atoms with E-state index in [1.807, 2.05) is 22.6 Å². The summed E-state index contributed by atoms with van der Waals surface area (Å²) in [5.41, 5.74) is -5.50. The highest BCUT2D eigenvalue weighted by Gasteiger charge is 2.46. The molecule has 0 aliphatic rings. The lowest BCUT2D eigenvalue weighted by Crippen LogP contribution is -2.29. The van der Waals surface area contributed by atoms with E-state index in [1.165, 1.54) is 16.9 Å². The van der Waals surface area contributed by atoms with E-state index in [-0.39, 0.29) is 5.75 Å². The number of benzene rings is 1. The molecule has 0 spiro atoms. The molecular weight excluding hydrogens is 454 g/mol. The van der Waals surface area contributed by atoms with Gasteiger partial charge in [-0.25, -0.2) is 9.52 Å². The number of sulfonamides is 1. The van der Waals surface area contributed by atoms with Gasteiger partial charge in [0.2, 0.25) is 11.6 Å². The van der Waals surface area contributed by atoms with Crippen molar-refractivity contribution in [1.29, 1.82) is 0 Å². The fraction of sp³-hybridized carbons (Fsp3) is 0.0833. The van der Waals surface area contributed by atoms with Crippen molar-refractivity contribution in [2.75, 3.05) is 4.72 Å². The van der Waals surface area contributed by atoms with E-state index in [0.717, 1.165) is 15.7 Å². The largest absolute Gasteiger partial charge is 0.516 e. The molecule has 11 heteroatoms. The van der Waals surface area contributed by atoms with E-state index in [2.05, 4.69) is 0 Å². The smallest absolute Gasteiger partial charge is 0.433 e. The summed E-state index contributed by atoms with van der Waals surface area (Å²) in [6.45, 7) is 0. The lowest BCUT2D eigenvalue weighted by Gasteiger charge is -2.07. The number of anilines is 1. The number of esters is 1. The number of rotatable bonds is 4. The summed E-state index contributed by atoms with van der Waals surface area (Å²) in [7, 11) is -5.62. The molecule has 6 nitrogen and oxygen atoms in total. The van der Waals surface area contributed by atoms with Crippen LogP contribution in [-0.2, 0) is 10.0 Å². The van der Waals surface area contributed by atoms with Gasteiger partial charge in [0.05, 0.1) is 0 Å². The average molecular weight is 461 g/mol. The van der Waals surface area contributed by atoms with Crippen LogP contribution in [0, 0.1) is 3.57 Å². The zero-order chi connectivity index (χ0) is 17.3. The van der Waals surface area contributed by atoms with Crippen LogP contribution in [0.3, 0.4) is 0 Å². The predicted molar refractivity (Wildman–Crippen MR) is 81.4 cm³/mol. The summed E-state index contributed by atoms with van der Waals surface area (Å²) in [5, 5.41) is 0. The number of carbonyl (C=O) groups is 1. The molecule has 0 saturated carbocycles. The first-order chi connectivity index (χ1) is 10.6. The summed E-state index contributed by atoms with van der Waals surface area (Å²) in [6.07, 6.45) is 0. The van der Waals surface area contributed by atoms with Gasteiger partial charge in [-0.05, 0) is 52.9 Å². The highest BCUT2D eigenvalue weighted by atomic mass is 127. The third-order valence-corrected chi connectivity index (χ3v) is 4.17. The van der Waals surface area contributed by atoms with E-state index >= 15 is 0 Å². The summed E-state index contributed by atoms with van der Waals surface area (Å²) in [5.74, 6) is -1.99. The lowest BCUT2D eigenvalue weighted by molar-refractivity contribution is -0.0429. The predicted octanol–water partition coefficient (Wildman–Crippen LogP) is 3.36. The summed E-state index contributed by atoms with van der Waals surface area (Å²) < 4.78 is 70.2. The Morgan fingerprint density at radius 1 is 1.13 bits per heavy atom. The van der Waals surface area contributed by atoms with E-state index in [1.54, 1.807) is 12.1 Å². The van der Waals surface area contributed by atoms with Crippen LogP contribution in [-0.4, -0.2) is 19.9 Å². The maximum atomic E-state index is 12.2. The number of nitrogens with one attached hydrogen (secondary N) is 1. The Hall–Kier alpha value is -1.76. The van der Waals surface area contributed by atoms with E-state index in [9.17, 15) is 26.4 Å².